The van der Waals surface area contributed by atoms with Crippen molar-refractivity contribution in [2.75, 3.05) is 18.0 Å². The van der Waals surface area contributed by atoms with Gasteiger partial charge in [0.2, 0.25) is 0 Å². The Bertz CT molecular complexity index is 863. The summed E-state index contributed by atoms with van der Waals surface area (Å²) in [5, 5.41) is 0.908. The van der Waals surface area contributed by atoms with Gasteiger partial charge in [-0.2, -0.15) is 0 Å². The normalized spacial score (nSPS) is 17.6. The van der Waals surface area contributed by atoms with Crippen LogP contribution in [0.2, 0.25) is 0 Å². The summed E-state index contributed by atoms with van der Waals surface area (Å²) >= 11 is 0. The van der Waals surface area contributed by atoms with Crippen molar-refractivity contribution >= 4 is 16.6 Å². The number of anilines is 1. The van der Waals surface area contributed by atoms with Gasteiger partial charge in [-0.05, 0) is 55.5 Å². The number of hydrogen-bond donors (Lipinski definition) is 0. The van der Waals surface area contributed by atoms with Gasteiger partial charge in [0, 0.05) is 42.3 Å². The lowest BCUT2D eigenvalue weighted by Crippen LogP contribution is -2.21. The van der Waals surface area contributed by atoms with E-state index in [-0.39, 0.29) is 5.82 Å². The quantitative estimate of drug-likeness (QED) is 0.726. The van der Waals surface area contributed by atoms with Crippen molar-refractivity contribution in [2.45, 2.75) is 19.8 Å². The molecule has 2 aromatic heterocycles. The summed E-state index contributed by atoms with van der Waals surface area (Å²) in [4.78, 5) is 10.8. The highest BCUT2D eigenvalue weighted by Gasteiger charge is 2.24. The topological polar surface area (TPSA) is 29.0 Å². The molecular formula is C20H20FN3. The van der Waals surface area contributed by atoms with E-state index in [1.807, 2.05) is 25.4 Å². The van der Waals surface area contributed by atoms with Crippen LogP contribution in [-0.2, 0) is 6.42 Å². The zero-order valence-electron chi connectivity index (χ0n) is 13.7. The molecule has 1 aliphatic rings. The maximum Gasteiger partial charge on any atom is 0.149 e. The van der Waals surface area contributed by atoms with Gasteiger partial charge < -0.3 is 4.90 Å². The molecule has 1 fully saturated rings. The van der Waals surface area contributed by atoms with Crippen LogP contribution in [0.5, 0.6) is 0 Å². The van der Waals surface area contributed by atoms with Gasteiger partial charge in [0.1, 0.15) is 11.3 Å². The smallest absolute Gasteiger partial charge is 0.149 e. The zero-order valence-corrected chi connectivity index (χ0v) is 13.7. The first-order valence-electron chi connectivity index (χ1n) is 8.40. The second-order valence-electron chi connectivity index (χ2n) is 6.58. The van der Waals surface area contributed by atoms with Gasteiger partial charge >= 0.3 is 0 Å². The highest BCUT2D eigenvalue weighted by molar-refractivity contribution is 5.92. The van der Waals surface area contributed by atoms with Crippen LogP contribution in [0, 0.1) is 18.7 Å². The lowest BCUT2D eigenvalue weighted by Gasteiger charge is -2.21. The molecule has 0 amide bonds. The van der Waals surface area contributed by atoms with Gasteiger partial charge in [0.05, 0.1) is 0 Å². The Morgan fingerprint density at radius 3 is 2.88 bits per heavy atom. The maximum atomic E-state index is 14.1. The first-order chi connectivity index (χ1) is 11.7. The molecule has 24 heavy (non-hydrogen) atoms. The van der Waals surface area contributed by atoms with Crippen molar-refractivity contribution in [3.8, 4) is 0 Å². The van der Waals surface area contributed by atoms with Gasteiger partial charge in [0.15, 0.2) is 0 Å². The van der Waals surface area contributed by atoms with E-state index >= 15 is 0 Å². The van der Waals surface area contributed by atoms with E-state index in [9.17, 15) is 4.39 Å². The van der Waals surface area contributed by atoms with E-state index in [4.69, 9.17) is 0 Å². The first kappa shape index (κ1) is 15.1. The summed E-state index contributed by atoms with van der Waals surface area (Å²) in [6.45, 7) is 3.93. The minimum atomic E-state index is -0.245. The molecule has 1 saturated heterocycles. The maximum absolute atomic E-state index is 14.1. The Labute approximate surface area is 141 Å². The van der Waals surface area contributed by atoms with E-state index in [2.05, 4.69) is 33.1 Å². The number of benzene rings is 1. The second-order valence-corrected chi connectivity index (χ2v) is 6.58. The fraction of sp³-hybridized carbons (Fsp3) is 0.300. The van der Waals surface area contributed by atoms with Crippen molar-refractivity contribution in [1.29, 1.82) is 0 Å². The fourth-order valence-electron chi connectivity index (χ4n) is 3.65. The molecule has 0 spiro atoms. The van der Waals surface area contributed by atoms with Crippen molar-refractivity contribution in [3.05, 3.63) is 65.9 Å². The molecule has 3 heterocycles. The van der Waals surface area contributed by atoms with Crippen LogP contribution < -0.4 is 4.90 Å². The van der Waals surface area contributed by atoms with Gasteiger partial charge in [-0.15, -0.1) is 0 Å². The molecule has 0 aliphatic carbocycles. The minimum absolute atomic E-state index is 0.245. The molecule has 1 aliphatic heterocycles. The first-order valence-corrected chi connectivity index (χ1v) is 8.40. The predicted molar refractivity (Wildman–Crippen MR) is 94.7 cm³/mol. The molecule has 0 bridgehead atoms. The van der Waals surface area contributed by atoms with Gasteiger partial charge in [-0.25, -0.2) is 9.37 Å². The standard InChI is InChI=1S/C20H20FN3/c1-14-11-19(17-3-2-4-18(21)20(17)23-14)24-10-7-16(13-24)12-15-5-8-22-9-6-15/h2-6,8-9,11,16H,7,10,12-13H2,1H3. The number of aryl methyl sites for hydroxylation is 1. The Hall–Kier alpha value is -2.49. The molecule has 3 aromatic rings. The van der Waals surface area contributed by atoms with Gasteiger partial charge in [-0.3, -0.25) is 4.98 Å². The Kier molecular flexibility index (Phi) is 3.89. The highest BCUT2D eigenvalue weighted by atomic mass is 19.1. The van der Waals surface area contributed by atoms with E-state index in [0.29, 0.717) is 11.4 Å². The Balaban J connectivity index is 1.61. The van der Waals surface area contributed by atoms with Crippen LogP contribution in [0.25, 0.3) is 10.9 Å². The van der Waals surface area contributed by atoms with Crippen LogP contribution >= 0.6 is 0 Å². The van der Waals surface area contributed by atoms with Crippen LogP contribution in [0.15, 0.2) is 48.8 Å². The molecule has 0 radical (unpaired) electrons. The summed E-state index contributed by atoms with van der Waals surface area (Å²) in [6.07, 6.45) is 5.92. The van der Waals surface area contributed by atoms with Crippen molar-refractivity contribution in [2.24, 2.45) is 5.92 Å². The largest absolute Gasteiger partial charge is 0.371 e. The second kappa shape index (κ2) is 6.19. The third-order valence-electron chi connectivity index (χ3n) is 4.80. The molecule has 1 atom stereocenters. The van der Waals surface area contributed by atoms with Crippen LogP contribution in [0.3, 0.4) is 0 Å². The van der Waals surface area contributed by atoms with Crippen molar-refractivity contribution in [1.82, 2.24) is 9.97 Å². The van der Waals surface area contributed by atoms with Crippen LogP contribution in [0.1, 0.15) is 17.7 Å². The highest BCUT2D eigenvalue weighted by Crippen LogP contribution is 2.32. The lowest BCUT2D eigenvalue weighted by atomic mass is 10.00. The third kappa shape index (κ3) is 2.84. The lowest BCUT2D eigenvalue weighted by molar-refractivity contribution is 0.586. The van der Waals surface area contributed by atoms with Gasteiger partial charge in [0.25, 0.3) is 0 Å². The number of rotatable bonds is 3. The molecule has 122 valence electrons. The fourth-order valence-corrected chi connectivity index (χ4v) is 3.65. The number of aromatic nitrogens is 2. The zero-order chi connectivity index (χ0) is 16.5. The summed E-state index contributed by atoms with van der Waals surface area (Å²) in [5.41, 5.74) is 3.78. The summed E-state index contributed by atoms with van der Waals surface area (Å²) in [5.74, 6) is 0.370. The predicted octanol–water partition coefficient (Wildman–Crippen LogP) is 4.15. The van der Waals surface area contributed by atoms with Crippen LogP contribution in [-0.4, -0.2) is 23.1 Å². The molecule has 1 aromatic carbocycles. The van der Waals surface area contributed by atoms with E-state index in [0.717, 1.165) is 42.7 Å². The van der Waals surface area contributed by atoms with Gasteiger partial charge in [-0.1, -0.05) is 12.1 Å². The molecule has 0 saturated carbocycles. The van der Waals surface area contributed by atoms with E-state index < -0.39 is 0 Å². The Morgan fingerprint density at radius 2 is 2.04 bits per heavy atom. The molecular weight excluding hydrogens is 301 g/mol. The average molecular weight is 321 g/mol. The number of halogens is 1. The number of nitrogens with zero attached hydrogens (tertiary/aromatic N) is 3. The van der Waals surface area contributed by atoms with E-state index in [1.165, 1.54) is 11.6 Å². The molecule has 4 rings (SSSR count). The molecule has 1 unspecified atom stereocenters. The Morgan fingerprint density at radius 1 is 1.21 bits per heavy atom. The number of para-hydroxylation sites is 1. The molecule has 3 nitrogen and oxygen atoms in total. The number of hydrogen-bond acceptors (Lipinski definition) is 3. The van der Waals surface area contributed by atoms with E-state index in [1.54, 1.807) is 6.07 Å². The average Bonchev–Trinajstić information content (AvgIpc) is 3.04. The van der Waals surface area contributed by atoms with Crippen molar-refractivity contribution < 1.29 is 4.39 Å². The number of pyridine rings is 2. The van der Waals surface area contributed by atoms with Crippen LogP contribution in [0.4, 0.5) is 10.1 Å². The third-order valence-corrected chi connectivity index (χ3v) is 4.80. The minimum Gasteiger partial charge on any atom is -0.371 e. The molecule has 0 N–H and O–H groups in total. The molecule has 4 heteroatoms. The SMILES string of the molecule is Cc1cc(N2CCC(Cc3ccncc3)C2)c2cccc(F)c2n1. The summed E-state index contributed by atoms with van der Waals surface area (Å²) in [6, 6.07) is 11.5. The monoisotopic (exact) mass is 321 g/mol. The summed E-state index contributed by atoms with van der Waals surface area (Å²) in [7, 11) is 0. The van der Waals surface area contributed by atoms with Crippen molar-refractivity contribution in [3.63, 3.8) is 0 Å². The number of fused-ring (bicyclic) bond motifs is 1. The summed E-state index contributed by atoms with van der Waals surface area (Å²) < 4.78 is 14.1.